The molecule has 5 heteroatoms. The molecule has 0 aliphatic heterocycles. The molecule has 1 aromatic carbocycles. The van der Waals surface area contributed by atoms with E-state index in [1.54, 1.807) is 18.5 Å². The van der Waals surface area contributed by atoms with Gasteiger partial charge in [0.05, 0.1) is 14.9 Å². The predicted octanol–water partition coefficient (Wildman–Crippen LogP) is 3.02. The Balaban J connectivity index is 2.12. The van der Waals surface area contributed by atoms with Crippen molar-refractivity contribution in [1.82, 2.24) is 4.98 Å². The lowest BCUT2D eigenvalue weighted by atomic mass is 10.2. The summed E-state index contributed by atoms with van der Waals surface area (Å²) < 4.78 is 13.9. The van der Waals surface area contributed by atoms with Crippen LogP contribution in [0.3, 0.4) is 0 Å². The average molecular weight is 343 g/mol. The van der Waals surface area contributed by atoms with Gasteiger partial charge in [0, 0.05) is 25.0 Å². The van der Waals surface area contributed by atoms with Gasteiger partial charge < -0.3 is 11.1 Å². The van der Waals surface area contributed by atoms with E-state index in [0.717, 1.165) is 5.56 Å². The lowest BCUT2D eigenvalue weighted by Crippen LogP contribution is -2.03. The van der Waals surface area contributed by atoms with E-state index in [2.05, 4.69) is 10.3 Å². The van der Waals surface area contributed by atoms with Crippen LogP contribution in [0.2, 0.25) is 0 Å². The number of nitrogens with two attached hydrogens (primary N) is 1. The summed E-state index contributed by atoms with van der Waals surface area (Å²) in [5.74, 6) is -0.267. The maximum atomic E-state index is 13.4. The molecule has 0 radical (unpaired) electrons. The summed E-state index contributed by atoms with van der Waals surface area (Å²) in [6, 6.07) is 6.82. The lowest BCUT2D eigenvalue weighted by Gasteiger charge is -2.10. The standard InChI is InChI=1S/C12H11FIN3/c13-9-5-12(11(15)6-10(9)14)17-7-8-1-3-16-4-2-8/h1-6,17H,7,15H2. The Morgan fingerprint density at radius 2 is 2.00 bits per heavy atom. The van der Waals surface area contributed by atoms with Gasteiger partial charge >= 0.3 is 0 Å². The highest BCUT2D eigenvalue weighted by Gasteiger charge is 2.05. The van der Waals surface area contributed by atoms with Crippen molar-refractivity contribution in [2.24, 2.45) is 0 Å². The largest absolute Gasteiger partial charge is 0.397 e. The van der Waals surface area contributed by atoms with Crippen LogP contribution in [0.1, 0.15) is 5.56 Å². The zero-order valence-electron chi connectivity index (χ0n) is 8.95. The molecule has 0 atom stereocenters. The van der Waals surface area contributed by atoms with Gasteiger partial charge in [0.15, 0.2) is 0 Å². The van der Waals surface area contributed by atoms with Gasteiger partial charge in [-0.2, -0.15) is 0 Å². The zero-order chi connectivity index (χ0) is 12.3. The molecule has 3 N–H and O–H groups in total. The number of halogens is 2. The van der Waals surface area contributed by atoms with Crippen molar-refractivity contribution < 1.29 is 4.39 Å². The number of benzene rings is 1. The fourth-order valence-electron chi connectivity index (χ4n) is 1.41. The molecule has 0 aliphatic carbocycles. The topological polar surface area (TPSA) is 50.9 Å². The van der Waals surface area contributed by atoms with Crippen molar-refractivity contribution in [2.75, 3.05) is 11.1 Å². The Kier molecular flexibility index (Phi) is 3.78. The molecule has 1 aromatic heterocycles. The molecule has 2 aromatic rings. The fraction of sp³-hybridized carbons (Fsp3) is 0.0833. The van der Waals surface area contributed by atoms with Gasteiger partial charge in [-0.25, -0.2) is 4.39 Å². The van der Waals surface area contributed by atoms with Gasteiger partial charge in [0.2, 0.25) is 0 Å². The van der Waals surface area contributed by atoms with Crippen LogP contribution < -0.4 is 11.1 Å². The molecule has 0 unspecified atom stereocenters. The minimum absolute atomic E-state index is 0.267. The van der Waals surface area contributed by atoms with Gasteiger partial charge in [-0.05, 0) is 46.4 Å². The molecule has 0 aliphatic rings. The number of nitrogens with zero attached hydrogens (tertiary/aromatic N) is 1. The minimum Gasteiger partial charge on any atom is -0.397 e. The summed E-state index contributed by atoms with van der Waals surface area (Å²) in [5.41, 5.74) is 8.03. The van der Waals surface area contributed by atoms with Crippen LogP contribution in [0.15, 0.2) is 36.7 Å². The average Bonchev–Trinajstić information content (AvgIpc) is 2.33. The minimum atomic E-state index is -0.267. The second-order valence-corrected chi connectivity index (χ2v) is 4.72. The van der Waals surface area contributed by atoms with E-state index < -0.39 is 0 Å². The lowest BCUT2D eigenvalue weighted by molar-refractivity contribution is 0.621. The first-order chi connectivity index (χ1) is 8.16. The third-order valence-corrected chi connectivity index (χ3v) is 3.15. The number of hydrogen-bond acceptors (Lipinski definition) is 3. The van der Waals surface area contributed by atoms with E-state index in [1.807, 2.05) is 34.7 Å². The number of nitrogens with one attached hydrogen (secondary N) is 1. The molecule has 17 heavy (non-hydrogen) atoms. The molecule has 1 heterocycles. The van der Waals surface area contributed by atoms with Crippen molar-refractivity contribution in [3.8, 4) is 0 Å². The molecule has 0 saturated heterocycles. The van der Waals surface area contributed by atoms with Gasteiger partial charge in [-0.3, -0.25) is 4.98 Å². The van der Waals surface area contributed by atoms with E-state index in [0.29, 0.717) is 21.5 Å². The van der Waals surface area contributed by atoms with Crippen molar-refractivity contribution in [3.63, 3.8) is 0 Å². The van der Waals surface area contributed by atoms with Crippen molar-refractivity contribution >= 4 is 34.0 Å². The number of rotatable bonds is 3. The molecule has 0 amide bonds. The summed E-state index contributed by atoms with van der Waals surface area (Å²) in [6.45, 7) is 0.590. The number of anilines is 2. The molecule has 0 saturated carbocycles. The van der Waals surface area contributed by atoms with E-state index >= 15 is 0 Å². The van der Waals surface area contributed by atoms with Gasteiger partial charge in [0.1, 0.15) is 5.82 Å². The Morgan fingerprint density at radius 3 is 2.71 bits per heavy atom. The number of pyridine rings is 1. The van der Waals surface area contributed by atoms with Crippen molar-refractivity contribution in [1.29, 1.82) is 0 Å². The molecule has 0 fully saturated rings. The molecular weight excluding hydrogens is 332 g/mol. The first-order valence-electron chi connectivity index (χ1n) is 5.04. The second kappa shape index (κ2) is 5.31. The third-order valence-electron chi connectivity index (χ3n) is 2.32. The Morgan fingerprint density at radius 1 is 1.29 bits per heavy atom. The van der Waals surface area contributed by atoms with Gasteiger partial charge in [0.25, 0.3) is 0 Å². The second-order valence-electron chi connectivity index (χ2n) is 3.56. The maximum Gasteiger partial charge on any atom is 0.138 e. The molecule has 0 spiro atoms. The fourth-order valence-corrected chi connectivity index (χ4v) is 1.90. The SMILES string of the molecule is Nc1cc(I)c(F)cc1NCc1ccncc1. The summed E-state index contributed by atoms with van der Waals surface area (Å²) >= 11 is 1.92. The van der Waals surface area contributed by atoms with Gasteiger partial charge in [-0.15, -0.1) is 0 Å². The van der Waals surface area contributed by atoms with Crippen molar-refractivity contribution in [2.45, 2.75) is 6.54 Å². The van der Waals surface area contributed by atoms with E-state index in [9.17, 15) is 4.39 Å². The summed E-state index contributed by atoms with van der Waals surface area (Å²) in [6.07, 6.45) is 3.43. The van der Waals surface area contributed by atoms with E-state index in [-0.39, 0.29) is 5.82 Å². The first-order valence-corrected chi connectivity index (χ1v) is 6.12. The Hall–Kier alpha value is -1.37. The highest BCUT2D eigenvalue weighted by atomic mass is 127. The molecule has 0 bridgehead atoms. The quantitative estimate of drug-likeness (QED) is 0.665. The molecule has 88 valence electrons. The smallest absolute Gasteiger partial charge is 0.138 e. The number of hydrogen-bond donors (Lipinski definition) is 2. The van der Waals surface area contributed by atoms with E-state index in [4.69, 9.17) is 5.73 Å². The normalized spacial score (nSPS) is 10.2. The Bertz CT molecular complexity index is 517. The summed E-state index contributed by atoms with van der Waals surface area (Å²) in [5, 5.41) is 3.10. The van der Waals surface area contributed by atoms with Crippen LogP contribution in [0.4, 0.5) is 15.8 Å². The van der Waals surface area contributed by atoms with Crippen LogP contribution in [-0.4, -0.2) is 4.98 Å². The third kappa shape index (κ3) is 3.06. The van der Waals surface area contributed by atoms with Crippen LogP contribution in [0.25, 0.3) is 0 Å². The maximum absolute atomic E-state index is 13.4. The number of nitrogen functional groups attached to an aromatic ring is 1. The summed E-state index contributed by atoms with van der Waals surface area (Å²) in [7, 11) is 0. The zero-order valence-corrected chi connectivity index (χ0v) is 11.1. The highest BCUT2D eigenvalue weighted by molar-refractivity contribution is 14.1. The van der Waals surface area contributed by atoms with Crippen LogP contribution in [0.5, 0.6) is 0 Å². The number of aromatic nitrogens is 1. The van der Waals surface area contributed by atoms with Crippen molar-refractivity contribution in [3.05, 3.63) is 51.6 Å². The summed E-state index contributed by atoms with van der Waals surface area (Å²) in [4.78, 5) is 3.93. The molecule has 3 nitrogen and oxygen atoms in total. The van der Waals surface area contributed by atoms with Gasteiger partial charge in [-0.1, -0.05) is 0 Å². The van der Waals surface area contributed by atoms with E-state index in [1.165, 1.54) is 6.07 Å². The highest BCUT2D eigenvalue weighted by Crippen LogP contribution is 2.24. The predicted molar refractivity (Wildman–Crippen MR) is 75.1 cm³/mol. The Labute approximate surface area is 112 Å². The van der Waals surface area contributed by atoms with Crippen LogP contribution in [-0.2, 0) is 6.54 Å². The molecule has 2 rings (SSSR count). The van der Waals surface area contributed by atoms with Crippen LogP contribution in [0, 0.1) is 9.39 Å². The first kappa shape index (κ1) is 12.1. The molecular formula is C12H11FIN3. The monoisotopic (exact) mass is 343 g/mol. The van der Waals surface area contributed by atoms with Crippen LogP contribution >= 0.6 is 22.6 Å².